The number of hydrogen-bond acceptors (Lipinski definition) is 3. The molecule has 0 saturated carbocycles. The number of hydrogen-bond donors (Lipinski definition) is 3. The quantitative estimate of drug-likeness (QED) is 0.333. The van der Waals surface area contributed by atoms with Crippen LogP contribution >= 0.6 is 0 Å². The number of rotatable bonds is 14. The van der Waals surface area contributed by atoms with E-state index in [1.54, 1.807) is 13.8 Å². The van der Waals surface area contributed by atoms with E-state index in [9.17, 15) is 24.9 Å². The van der Waals surface area contributed by atoms with Crippen LogP contribution in [0, 0.1) is 11.8 Å². The fraction of sp³-hybridized carbons (Fsp3) is 0.778. The van der Waals surface area contributed by atoms with Crippen LogP contribution in [0.25, 0.3) is 0 Å². The SMILES string of the molecule is CCCCCC/C=C/[N+](CCO)(CC(C)C(=O)O)CC(C)C(=O)O. The van der Waals surface area contributed by atoms with Crippen molar-refractivity contribution in [1.82, 2.24) is 0 Å². The van der Waals surface area contributed by atoms with Crippen LogP contribution in [-0.2, 0) is 9.59 Å². The highest BCUT2D eigenvalue weighted by atomic mass is 16.4. The molecule has 6 nitrogen and oxygen atoms in total. The van der Waals surface area contributed by atoms with E-state index in [4.69, 9.17) is 0 Å². The lowest BCUT2D eigenvalue weighted by Crippen LogP contribution is -2.52. The molecule has 0 aliphatic heterocycles. The lowest BCUT2D eigenvalue weighted by molar-refractivity contribution is -0.884. The number of allylic oxidation sites excluding steroid dienone is 1. The molecule has 0 rings (SSSR count). The van der Waals surface area contributed by atoms with Gasteiger partial charge in [0.25, 0.3) is 0 Å². The van der Waals surface area contributed by atoms with Gasteiger partial charge in [-0.25, -0.2) is 0 Å². The summed E-state index contributed by atoms with van der Waals surface area (Å²) in [4.78, 5) is 22.5. The van der Waals surface area contributed by atoms with Crippen molar-refractivity contribution in [3.8, 4) is 0 Å². The number of quaternary nitrogens is 1. The van der Waals surface area contributed by atoms with E-state index < -0.39 is 23.8 Å². The number of unbranched alkanes of at least 4 members (excludes halogenated alkanes) is 4. The molecule has 6 heteroatoms. The highest BCUT2D eigenvalue weighted by molar-refractivity contribution is 5.70. The molecular weight excluding hydrogens is 310 g/mol. The van der Waals surface area contributed by atoms with Crippen LogP contribution in [0.5, 0.6) is 0 Å². The predicted octanol–water partition coefficient (Wildman–Crippen LogP) is 2.72. The van der Waals surface area contributed by atoms with E-state index in [0.29, 0.717) is 6.54 Å². The van der Waals surface area contributed by atoms with Gasteiger partial charge >= 0.3 is 11.9 Å². The average molecular weight is 344 g/mol. The summed E-state index contributed by atoms with van der Waals surface area (Å²) in [7, 11) is 0. The fourth-order valence-corrected chi connectivity index (χ4v) is 2.89. The molecule has 0 bridgehead atoms. The van der Waals surface area contributed by atoms with E-state index in [0.717, 1.165) is 19.3 Å². The third-order valence-electron chi connectivity index (χ3n) is 4.31. The molecule has 0 aromatic rings. The predicted molar refractivity (Wildman–Crippen MR) is 93.4 cm³/mol. The van der Waals surface area contributed by atoms with Crippen molar-refractivity contribution in [2.24, 2.45) is 11.8 Å². The maximum atomic E-state index is 11.2. The smallest absolute Gasteiger partial charge is 0.311 e. The Morgan fingerprint density at radius 2 is 1.54 bits per heavy atom. The first kappa shape index (κ1) is 22.6. The number of aliphatic carboxylic acids is 2. The first-order chi connectivity index (χ1) is 11.3. The van der Waals surface area contributed by atoms with Crippen molar-refractivity contribution < 1.29 is 29.4 Å². The van der Waals surface area contributed by atoms with Gasteiger partial charge in [-0.05, 0) is 32.8 Å². The van der Waals surface area contributed by atoms with Gasteiger partial charge in [0.1, 0.15) is 18.4 Å². The molecule has 0 spiro atoms. The molecule has 24 heavy (non-hydrogen) atoms. The molecule has 0 amide bonds. The second-order valence-electron chi connectivity index (χ2n) is 6.74. The van der Waals surface area contributed by atoms with Crippen LogP contribution in [0.3, 0.4) is 0 Å². The van der Waals surface area contributed by atoms with Gasteiger partial charge < -0.3 is 15.3 Å². The van der Waals surface area contributed by atoms with E-state index in [1.807, 2.05) is 12.3 Å². The Morgan fingerprint density at radius 3 is 1.96 bits per heavy atom. The summed E-state index contributed by atoms with van der Waals surface area (Å²) in [6.45, 7) is 6.15. The van der Waals surface area contributed by atoms with Crippen molar-refractivity contribution >= 4 is 11.9 Å². The molecule has 2 atom stereocenters. The minimum atomic E-state index is -0.908. The number of nitrogens with zero attached hydrogens (tertiary/aromatic N) is 1. The van der Waals surface area contributed by atoms with Gasteiger partial charge in [-0.15, -0.1) is 0 Å². The number of aliphatic hydroxyl groups is 1. The van der Waals surface area contributed by atoms with Gasteiger partial charge in [-0.1, -0.05) is 26.2 Å². The zero-order valence-corrected chi connectivity index (χ0v) is 15.3. The van der Waals surface area contributed by atoms with Crippen molar-refractivity contribution in [2.45, 2.75) is 52.9 Å². The van der Waals surface area contributed by atoms with Crippen molar-refractivity contribution in [2.75, 3.05) is 26.2 Å². The van der Waals surface area contributed by atoms with E-state index in [1.165, 1.54) is 12.8 Å². The number of carboxylic acid groups (broad SMARTS) is 2. The summed E-state index contributed by atoms with van der Waals surface area (Å²) < 4.78 is 0.186. The summed E-state index contributed by atoms with van der Waals surface area (Å²) >= 11 is 0. The summed E-state index contributed by atoms with van der Waals surface area (Å²) in [5.41, 5.74) is 0. The Morgan fingerprint density at radius 1 is 1.00 bits per heavy atom. The maximum Gasteiger partial charge on any atom is 0.311 e. The molecule has 0 aliphatic rings. The highest BCUT2D eigenvalue weighted by Gasteiger charge is 2.33. The Hall–Kier alpha value is -1.40. The summed E-state index contributed by atoms with van der Waals surface area (Å²) in [5, 5.41) is 27.9. The standard InChI is InChI=1S/C18H33NO5/c1-4-5-6-7-8-9-10-19(11-12-20,13-15(2)17(21)22)14-16(3)18(23)24/h9-10,15-16,20H,4-8,11-14H2,1-3H3,(H-,21,22,23,24)/p+1/b10-9+. The molecule has 3 N–H and O–H groups in total. The molecule has 0 radical (unpaired) electrons. The summed E-state index contributed by atoms with van der Waals surface area (Å²) in [6, 6.07) is 0. The zero-order valence-electron chi connectivity index (χ0n) is 15.3. The number of carbonyl (C=O) groups is 2. The molecule has 0 aromatic heterocycles. The van der Waals surface area contributed by atoms with E-state index >= 15 is 0 Å². The monoisotopic (exact) mass is 344 g/mol. The number of aliphatic hydroxyl groups excluding tert-OH is 1. The molecule has 0 heterocycles. The zero-order chi connectivity index (χ0) is 18.6. The van der Waals surface area contributed by atoms with Gasteiger partial charge in [0.05, 0.1) is 25.9 Å². The first-order valence-electron chi connectivity index (χ1n) is 8.88. The van der Waals surface area contributed by atoms with E-state index in [2.05, 4.69) is 6.92 Å². The van der Waals surface area contributed by atoms with Crippen LogP contribution in [0.1, 0.15) is 52.9 Å². The van der Waals surface area contributed by atoms with Crippen LogP contribution in [0.15, 0.2) is 12.3 Å². The second-order valence-corrected chi connectivity index (χ2v) is 6.74. The number of carboxylic acids is 2. The Balaban J connectivity index is 5.13. The largest absolute Gasteiger partial charge is 0.481 e. The van der Waals surface area contributed by atoms with Gasteiger partial charge in [-0.3, -0.25) is 14.1 Å². The second kappa shape index (κ2) is 12.0. The Kier molecular flexibility index (Phi) is 11.3. The molecule has 0 saturated heterocycles. The molecule has 0 aromatic carbocycles. The normalized spacial score (nSPS) is 16.7. The molecular formula is C18H34NO5+. The topological polar surface area (TPSA) is 94.8 Å². The van der Waals surface area contributed by atoms with E-state index in [-0.39, 0.29) is 24.2 Å². The fourth-order valence-electron chi connectivity index (χ4n) is 2.89. The van der Waals surface area contributed by atoms with Gasteiger partial charge in [-0.2, -0.15) is 0 Å². The molecule has 0 fully saturated rings. The first-order valence-corrected chi connectivity index (χ1v) is 8.88. The van der Waals surface area contributed by atoms with Crippen molar-refractivity contribution in [3.63, 3.8) is 0 Å². The maximum absolute atomic E-state index is 11.2. The molecule has 2 unspecified atom stereocenters. The van der Waals surface area contributed by atoms with Crippen LogP contribution in [0.4, 0.5) is 0 Å². The third-order valence-corrected chi connectivity index (χ3v) is 4.31. The molecule has 0 aliphatic carbocycles. The molecule has 140 valence electrons. The lowest BCUT2D eigenvalue weighted by Gasteiger charge is -2.37. The third kappa shape index (κ3) is 9.03. The van der Waals surface area contributed by atoms with Gasteiger partial charge in [0.2, 0.25) is 0 Å². The lowest BCUT2D eigenvalue weighted by atomic mass is 10.1. The Labute approximate surface area is 145 Å². The van der Waals surface area contributed by atoms with Crippen LogP contribution in [0.2, 0.25) is 0 Å². The van der Waals surface area contributed by atoms with Crippen molar-refractivity contribution in [1.29, 1.82) is 0 Å². The van der Waals surface area contributed by atoms with Gasteiger partial charge in [0.15, 0.2) is 0 Å². The van der Waals surface area contributed by atoms with Crippen molar-refractivity contribution in [3.05, 3.63) is 12.3 Å². The Bertz CT molecular complexity index is 386. The highest BCUT2D eigenvalue weighted by Crippen LogP contribution is 2.18. The summed E-state index contributed by atoms with van der Waals surface area (Å²) in [5.74, 6) is -3.03. The minimum absolute atomic E-state index is 0.112. The van der Waals surface area contributed by atoms with Crippen LogP contribution < -0.4 is 0 Å². The van der Waals surface area contributed by atoms with Gasteiger partial charge in [0, 0.05) is 0 Å². The summed E-state index contributed by atoms with van der Waals surface area (Å²) in [6.07, 6.45) is 9.37. The van der Waals surface area contributed by atoms with Crippen LogP contribution in [-0.4, -0.2) is 58.0 Å². The minimum Gasteiger partial charge on any atom is -0.481 e. The average Bonchev–Trinajstić information content (AvgIpc) is 2.50.